The van der Waals surface area contributed by atoms with E-state index in [1.165, 1.54) is 17.5 Å². The van der Waals surface area contributed by atoms with E-state index in [1.54, 1.807) is 6.92 Å². The maximum atomic E-state index is 11.6. The molecule has 1 saturated carbocycles. The van der Waals surface area contributed by atoms with Gasteiger partial charge in [0.05, 0.1) is 0 Å². The Morgan fingerprint density at radius 2 is 1.80 bits per heavy atom. The SMILES string of the molecule is CC(=O)N1C[C@@H]2C[C@H]1C[C@H]2c1ccc(C(C)(C)C)cc1. The molecule has 0 radical (unpaired) electrons. The first-order valence-corrected chi connectivity index (χ1v) is 7.74. The van der Waals surface area contributed by atoms with Crippen molar-refractivity contribution in [3.63, 3.8) is 0 Å². The summed E-state index contributed by atoms with van der Waals surface area (Å²) >= 11 is 0. The van der Waals surface area contributed by atoms with Gasteiger partial charge in [-0.2, -0.15) is 0 Å². The molecular weight excluding hydrogens is 246 g/mol. The Morgan fingerprint density at radius 1 is 1.15 bits per heavy atom. The van der Waals surface area contributed by atoms with Crippen LogP contribution in [-0.4, -0.2) is 23.4 Å². The molecule has 3 atom stereocenters. The fourth-order valence-corrected chi connectivity index (χ4v) is 3.98. The highest BCUT2D eigenvalue weighted by Crippen LogP contribution is 2.47. The summed E-state index contributed by atoms with van der Waals surface area (Å²) in [5.74, 6) is 1.58. The van der Waals surface area contributed by atoms with E-state index in [9.17, 15) is 4.79 Å². The normalized spacial score (nSPS) is 29.0. The average Bonchev–Trinajstić information content (AvgIpc) is 2.97. The second-order valence-electron chi connectivity index (χ2n) is 7.54. The summed E-state index contributed by atoms with van der Waals surface area (Å²) in [7, 11) is 0. The standard InChI is InChI=1S/C18H25NO/c1-12(20)19-11-14-9-16(19)10-17(14)13-5-7-15(8-6-13)18(2,3)4/h5-8,14,16-17H,9-11H2,1-4H3/t14-,16-,17-/m0/s1. The van der Waals surface area contributed by atoms with Gasteiger partial charge in [0.2, 0.25) is 5.91 Å². The number of fused-ring (bicyclic) bond motifs is 2. The number of rotatable bonds is 1. The zero-order valence-electron chi connectivity index (χ0n) is 13.0. The summed E-state index contributed by atoms with van der Waals surface area (Å²) in [5, 5.41) is 0. The average molecular weight is 271 g/mol. The van der Waals surface area contributed by atoms with Crippen molar-refractivity contribution in [2.75, 3.05) is 6.54 Å². The van der Waals surface area contributed by atoms with Gasteiger partial charge in [0.15, 0.2) is 0 Å². The molecule has 1 aliphatic carbocycles. The predicted molar refractivity (Wildman–Crippen MR) is 81.8 cm³/mol. The van der Waals surface area contributed by atoms with Crippen LogP contribution >= 0.6 is 0 Å². The second-order valence-corrected chi connectivity index (χ2v) is 7.54. The zero-order valence-corrected chi connectivity index (χ0v) is 13.0. The van der Waals surface area contributed by atoms with Gasteiger partial charge in [-0.15, -0.1) is 0 Å². The first-order valence-electron chi connectivity index (χ1n) is 7.74. The quantitative estimate of drug-likeness (QED) is 0.762. The fourth-order valence-electron chi connectivity index (χ4n) is 3.98. The fraction of sp³-hybridized carbons (Fsp3) is 0.611. The zero-order chi connectivity index (χ0) is 14.5. The Labute approximate surface area is 122 Å². The monoisotopic (exact) mass is 271 g/mol. The molecule has 2 aliphatic rings. The van der Waals surface area contributed by atoms with Gasteiger partial charge >= 0.3 is 0 Å². The van der Waals surface area contributed by atoms with Gasteiger partial charge in [0.25, 0.3) is 0 Å². The van der Waals surface area contributed by atoms with Crippen molar-refractivity contribution in [3.05, 3.63) is 35.4 Å². The van der Waals surface area contributed by atoms with Crippen molar-refractivity contribution in [1.82, 2.24) is 4.90 Å². The van der Waals surface area contributed by atoms with Gasteiger partial charge in [-0.3, -0.25) is 4.79 Å². The topological polar surface area (TPSA) is 20.3 Å². The molecule has 2 heteroatoms. The predicted octanol–water partition coefficient (Wildman–Crippen LogP) is 3.71. The summed E-state index contributed by atoms with van der Waals surface area (Å²) in [6, 6.07) is 9.67. The molecule has 2 fully saturated rings. The molecule has 1 heterocycles. The summed E-state index contributed by atoms with van der Waals surface area (Å²) in [4.78, 5) is 13.6. The van der Waals surface area contributed by atoms with Crippen molar-refractivity contribution < 1.29 is 4.79 Å². The molecule has 108 valence electrons. The van der Waals surface area contributed by atoms with E-state index in [0.29, 0.717) is 17.9 Å². The van der Waals surface area contributed by atoms with Gasteiger partial charge in [-0.25, -0.2) is 0 Å². The molecule has 1 aliphatic heterocycles. The van der Waals surface area contributed by atoms with Crippen LogP contribution in [0.15, 0.2) is 24.3 Å². The van der Waals surface area contributed by atoms with Gasteiger partial charge < -0.3 is 4.90 Å². The smallest absolute Gasteiger partial charge is 0.219 e. The van der Waals surface area contributed by atoms with Gasteiger partial charge in [0.1, 0.15) is 0 Å². The molecule has 1 saturated heterocycles. The van der Waals surface area contributed by atoms with Crippen LogP contribution in [0.5, 0.6) is 0 Å². The van der Waals surface area contributed by atoms with Gasteiger partial charge in [-0.1, -0.05) is 45.0 Å². The minimum Gasteiger partial charge on any atom is -0.340 e. The number of carbonyl (C=O) groups is 1. The Morgan fingerprint density at radius 3 is 2.25 bits per heavy atom. The van der Waals surface area contributed by atoms with E-state index in [0.717, 1.165) is 13.0 Å². The number of likely N-dealkylation sites (tertiary alicyclic amines) is 1. The molecule has 0 aromatic heterocycles. The molecule has 1 aromatic rings. The molecule has 2 bridgehead atoms. The largest absolute Gasteiger partial charge is 0.340 e. The number of benzene rings is 1. The maximum Gasteiger partial charge on any atom is 0.219 e. The van der Waals surface area contributed by atoms with Crippen molar-refractivity contribution in [3.8, 4) is 0 Å². The van der Waals surface area contributed by atoms with E-state index < -0.39 is 0 Å². The second kappa shape index (κ2) is 4.61. The highest BCUT2D eigenvalue weighted by molar-refractivity contribution is 5.74. The number of piperidine rings is 1. The van der Waals surface area contributed by atoms with Crippen LogP contribution in [0.1, 0.15) is 57.6 Å². The van der Waals surface area contributed by atoms with Crippen LogP contribution in [0.25, 0.3) is 0 Å². The van der Waals surface area contributed by atoms with E-state index in [2.05, 4.69) is 49.9 Å². The molecule has 0 spiro atoms. The molecule has 0 unspecified atom stereocenters. The Hall–Kier alpha value is -1.31. The van der Waals surface area contributed by atoms with Crippen LogP contribution in [0.2, 0.25) is 0 Å². The molecular formula is C18H25NO. The van der Waals surface area contributed by atoms with Crippen molar-refractivity contribution in [2.45, 2.75) is 57.9 Å². The van der Waals surface area contributed by atoms with Crippen LogP contribution < -0.4 is 0 Å². The van der Waals surface area contributed by atoms with Crippen LogP contribution in [0, 0.1) is 5.92 Å². The lowest BCUT2D eigenvalue weighted by atomic mass is 9.83. The summed E-state index contributed by atoms with van der Waals surface area (Å²) in [5.41, 5.74) is 3.09. The number of hydrogen-bond acceptors (Lipinski definition) is 1. The molecule has 1 amide bonds. The van der Waals surface area contributed by atoms with Gasteiger partial charge in [0, 0.05) is 19.5 Å². The van der Waals surface area contributed by atoms with E-state index in [-0.39, 0.29) is 11.3 Å². The summed E-state index contributed by atoms with van der Waals surface area (Å²) < 4.78 is 0. The lowest BCUT2D eigenvalue weighted by Gasteiger charge is -2.31. The Bertz CT molecular complexity index is 511. The summed E-state index contributed by atoms with van der Waals surface area (Å²) in [6.07, 6.45) is 2.35. The third kappa shape index (κ3) is 2.25. The lowest BCUT2D eigenvalue weighted by molar-refractivity contribution is -0.130. The van der Waals surface area contributed by atoms with Crippen LogP contribution in [0.4, 0.5) is 0 Å². The Balaban J connectivity index is 1.75. The molecule has 1 aromatic carbocycles. The highest BCUT2D eigenvalue weighted by atomic mass is 16.2. The number of nitrogens with zero attached hydrogens (tertiary/aromatic N) is 1. The molecule has 20 heavy (non-hydrogen) atoms. The van der Waals surface area contributed by atoms with Crippen LogP contribution in [0.3, 0.4) is 0 Å². The minimum absolute atomic E-state index is 0.221. The third-order valence-electron chi connectivity index (χ3n) is 5.15. The number of carbonyl (C=O) groups excluding carboxylic acids is 1. The van der Waals surface area contributed by atoms with E-state index in [4.69, 9.17) is 0 Å². The lowest BCUT2D eigenvalue weighted by Crippen LogP contribution is -2.38. The molecule has 0 N–H and O–H groups in total. The minimum atomic E-state index is 0.221. The number of hydrogen-bond donors (Lipinski definition) is 0. The third-order valence-corrected chi connectivity index (χ3v) is 5.15. The van der Waals surface area contributed by atoms with E-state index >= 15 is 0 Å². The summed E-state index contributed by atoms with van der Waals surface area (Å²) in [6.45, 7) is 9.43. The first kappa shape index (κ1) is 13.7. The van der Waals surface area contributed by atoms with Crippen molar-refractivity contribution >= 4 is 5.91 Å². The van der Waals surface area contributed by atoms with Gasteiger partial charge in [-0.05, 0) is 41.2 Å². The number of amides is 1. The van der Waals surface area contributed by atoms with Crippen LogP contribution in [-0.2, 0) is 10.2 Å². The first-order chi connectivity index (χ1) is 9.36. The van der Waals surface area contributed by atoms with E-state index in [1.807, 2.05) is 0 Å². The Kier molecular flexibility index (Phi) is 3.15. The van der Waals surface area contributed by atoms with Crippen molar-refractivity contribution in [2.24, 2.45) is 5.92 Å². The highest BCUT2D eigenvalue weighted by Gasteiger charge is 2.45. The maximum absolute atomic E-state index is 11.6. The molecule has 2 nitrogen and oxygen atoms in total. The van der Waals surface area contributed by atoms with Crippen molar-refractivity contribution in [1.29, 1.82) is 0 Å². The molecule has 3 rings (SSSR count).